The molecule has 7 amide bonds. The van der Waals surface area contributed by atoms with Crippen LogP contribution in [0.15, 0.2) is 42.5 Å². The van der Waals surface area contributed by atoms with Gasteiger partial charge in [-0.05, 0) is 35.6 Å². The van der Waals surface area contributed by atoms with Crippen molar-refractivity contribution in [1.82, 2.24) is 26.2 Å². The lowest BCUT2D eigenvalue weighted by atomic mass is 10.0. The van der Waals surface area contributed by atoms with Gasteiger partial charge in [0, 0.05) is 32.5 Å². The van der Waals surface area contributed by atoms with Gasteiger partial charge >= 0.3 is 5.97 Å². The van der Waals surface area contributed by atoms with Crippen LogP contribution in [0, 0.1) is 0 Å². The second kappa shape index (κ2) is 32.4. The number of unbranched alkanes of at least 4 members (excludes halogenated alkanes) is 1. The Morgan fingerprint density at radius 3 is 2.10 bits per heavy atom. The molecule has 0 aromatic heterocycles. The first-order valence-electron chi connectivity index (χ1n) is 20.4. The number of carbonyl (C=O) groups excluding carboxylic acids is 7. The van der Waals surface area contributed by atoms with Gasteiger partial charge in [-0.2, -0.15) is 0 Å². The number of thioether (sulfide) groups is 1. The van der Waals surface area contributed by atoms with Gasteiger partial charge in [-0.15, -0.1) is 11.8 Å². The molecule has 2 aromatic carbocycles. The summed E-state index contributed by atoms with van der Waals surface area (Å²) in [5.74, 6) is -4.53. The van der Waals surface area contributed by atoms with Crippen LogP contribution in [0.4, 0.5) is 0 Å². The van der Waals surface area contributed by atoms with Crippen LogP contribution in [-0.2, 0) is 63.7 Å². The number of primary amides is 1. The van der Waals surface area contributed by atoms with Crippen LogP contribution in [0.3, 0.4) is 0 Å². The average molecular weight is 909 g/mol. The van der Waals surface area contributed by atoms with Crippen LogP contribution < -0.4 is 27.0 Å². The van der Waals surface area contributed by atoms with Crippen molar-refractivity contribution < 1.29 is 72.6 Å². The number of nitrogens with two attached hydrogens (primary N) is 1. The molecule has 2 atom stereocenters. The second-order valence-electron chi connectivity index (χ2n) is 13.7. The van der Waals surface area contributed by atoms with Crippen LogP contribution in [0.25, 0.3) is 10.8 Å². The molecule has 1 aliphatic heterocycles. The Labute approximate surface area is 369 Å². The number of carboxylic acid groups (broad SMARTS) is 1. The van der Waals surface area contributed by atoms with Crippen molar-refractivity contribution in [2.45, 2.75) is 49.8 Å². The maximum absolute atomic E-state index is 12.7. The third-order valence-electron chi connectivity index (χ3n) is 8.79. The first kappa shape index (κ1) is 53.9. The molecule has 0 bridgehead atoms. The zero-order chi connectivity index (χ0) is 46.2. The molecule has 1 heterocycles. The average Bonchev–Trinajstić information content (AvgIpc) is 3.53. The number of nitrogens with zero attached hydrogens (tertiary/aromatic N) is 1. The molecule has 21 nitrogen and oxygen atoms in total. The van der Waals surface area contributed by atoms with E-state index >= 15 is 0 Å². The van der Waals surface area contributed by atoms with Crippen molar-refractivity contribution in [2.24, 2.45) is 5.73 Å². The number of carbonyl (C=O) groups is 8. The fourth-order valence-electron chi connectivity index (χ4n) is 5.72. The van der Waals surface area contributed by atoms with Gasteiger partial charge < -0.3 is 61.3 Å². The van der Waals surface area contributed by atoms with Gasteiger partial charge in [-0.3, -0.25) is 43.3 Å². The van der Waals surface area contributed by atoms with Crippen LogP contribution in [-0.4, -0.2) is 177 Å². The molecule has 0 saturated carbocycles. The maximum Gasteiger partial charge on any atom is 0.322 e. The molecule has 1 fully saturated rings. The fourth-order valence-corrected chi connectivity index (χ4v) is 6.71. The van der Waals surface area contributed by atoms with E-state index in [-0.39, 0.29) is 89.6 Å². The number of hydrogen-bond acceptors (Lipinski definition) is 15. The summed E-state index contributed by atoms with van der Waals surface area (Å²) in [5.41, 5.74) is 6.37. The van der Waals surface area contributed by atoms with Gasteiger partial charge in [0.15, 0.2) is 0 Å². The van der Waals surface area contributed by atoms with Crippen molar-refractivity contribution in [3.05, 3.63) is 48.0 Å². The summed E-state index contributed by atoms with van der Waals surface area (Å²) in [4.78, 5) is 96.7. The molecule has 1 aliphatic rings. The Morgan fingerprint density at radius 1 is 0.762 bits per heavy atom. The molecule has 63 heavy (non-hydrogen) atoms. The highest BCUT2D eigenvalue weighted by Crippen LogP contribution is 2.25. The minimum atomic E-state index is -1.20. The van der Waals surface area contributed by atoms with Gasteiger partial charge in [-0.25, -0.2) is 0 Å². The molecule has 0 spiro atoms. The Hall–Kier alpha value is -5.23. The van der Waals surface area contributed by atoms with Gasteiger partial charge in [0.25, 0.3) is 0 Å². The number of rotatable bonds is 32. The second-order valence-corrected chi connectivity index (χ2v) is 14.9. The van der Waals surface area contributed by atoms with Crippen molar-refractivity contribution in [3.8, 4) is 0 Å². The topological polar surface area (TPSA) is 312 Å². The third kappa shape index (κ3) is 23.7. The summed E-state index contributed by atoms with van der Waals surface area (Å²) in [6, 6.07) is 12.6. The Kier molecular flexibility index (Phi) is 27.8. The molecule has 2 unspecified atom stereocenters. The van der Waals surface area contributed by atoms with Crippen molar-refractivity contribution >= 4 is 69.9 Å². The zero-order valence-corrected chi connectivity index (χ0v) is 36.0. The third-order valence-corrected chi connectivity index (χ3v) is 9.99. The summed E-state index contributed by atoms with van der Waals surface area (Å²) in [6.07, 6.45) is 1.34. The lowest BCUT2D eigenvalue weighted by Crippen LogP contribution is -2.45. The minimum absolute atomic E-state index is 0.0417. The normalized spacial score (nSPS) is 13.8. The summed E-state index contributed by atoms with van der Waals surface area (Å²) in [6.45, 7) is 1.90. The number of ether oxygens (including phenoxy) is 4. The molecule has 0 radical (unpaired) electrons. The lowest BCUT2D eigenvalue weighted by Gasteiger charge is -2.16. The van der Waals surface area contributed by atoms with Gasteiger partial charge in [-0.1, -0.05) is 42.5 Å². The van der Waals surface area contributed by atoms with Crippen molar-refractivity contribution in [3.63, 3.8) is 0 Å². The Morgan fingerprint density at radius 2 is 1.41 bits per heavy atom. The zero-order valence-electron chi connectivity index (χ0n) is 35.2. The predicted octanol–water partition coefficient (Wildman–Crippen LogP) is -1.76. The number of aliphatic hydroxyl groups is 2. The molecular weight excluding hydrogens is 849 g/mol. The SMILES string of the molecule is NC(=O)C(CCCCNC(=O)COCCOCCNC(=O)CCN1C(=O)CC(SCC(=O)NCC(=O)O)C1=O)NC(=O)Cc1cccc2ccccc12.OCCOCCOCCO. The number of carboxylic acids is 1. The number of benzene rings is 2. The number of amides is 7. The van der Waals surface area contributed by atoms with Crippen LogP contribution in [0.1, 0.15) is 37.7 Å². The molecule has 2 aromatic rings. The number of likely N-dealkylation sites (tertiary alicyclic amines) is 1. The highest BCUT2D eigenvalue weighted by Gasteiger charge is 2.39. The largest absolute Gasteiger partial charge is 0.480 e. The lowest BCUT2D eigenvalue weighted by molar-refractivity contribution is -0.139. The van der Waals surface area contributed by atoms with E-state index in [2.05, 4.69) is 21.3 Å². The molecule has 350 valence electrons. The summed E-state index contributed by atoms with van der Waals surface area (Å²) in [7, 11) is 0. The van der Waals surface area contributed by atoms with E-state index in [4.69, 9.17) is 40.0 Å². The van der Waals surface area contributed by atoms with E-state index < -0.39 is 53.3 Å². The number of fused-ring (bicyclic) bond motifs is 1. The monoisotopic (exact) mass is 908 g/mol. The first-order chi connectivity index (χ1) is 30.4. The van der Waals surface area contributed by atoms with E-state index in [0.29, 0.717) is 52.2 Å². The number of imide groups is 1. The number of aliphatic hydroxyl groups excluding tert-OH is 2. The van der Waals surface area contributed by atoms with Gasteiger partial charge in [0.05, 0.1) is 76.9 Å². The van der Waals surface area contributed by atoms with Crippen molar-refractivity contribution in [1.29, 1.82) is 0 Å². The van der Waals surface area contributed by atoms with Crippen LogP contribution in [0.2, 0.25) is 0 Å². The van der Waals surface area contributed by atoms with Crippen molar-refractivity contribution in [2.75, 3.05) is 98.0 Å². The first-order valence-corrected chi connectivity index (χ1v) is 21.5. The van der Waals surface area contributed by atoms with E-state index in [9.17, 15) is 38.4 Å². The smallest absolute Gasteiger partial charge is 0.322 e. The summed E-state index contributed by atoms with van der Waals surface area (Å²) >= 11 is 0.938. The van der Waals surface area contributed by atoms with Crippen LogP contribution in [0.5, 0.6) is 0 Å². The highest BCUT2D eigenvalue weighted by molar-refractivity contribution is 8.01. The van der Waals surface area contributed by atoms with E-state index in [0.717, 1.165) is 33.0 Å². The molecule has 3 rings (SSSR count). The van der Waals surface area contributed by atoms with Gasteiger partial charge in [0.2, 0.25) is 41.4 Å². The van der Waals surface area contributed by atoms with Crippen LogP contribution >= 0.6 is 11.8 Å². The Bertz CT molecular complexity index is 1760. The summed E-state index contributed by atoms with van der Waals surface area (Å²) < 4.78 is 20.4. The maximum atomic E-state index is 12.7. The number of hydrogen-bond donors (Lipinski definition) is 8. The predicted molar refractivity (Wildman–Crippen MR) is 229 cm³/mol. The van der Waals surface area contributed by atoms with E-state index in [1.807, 2.05) is 42.5 Å². The number of aliphatic carboxylic acids is 1. The van der Waals surface area contributed by atoms with Gasteiger partial charge in [0.1, 0.15) is 19.2 Å². The standard InChI is InChI=1S/C35H46N6O11S.C6H14O4/c36-34(49)26(40-29(43)18-24-8-5-7-23-6-1-2-9-25(23)24)10-3-4-12-37-30(44)21-52-17-16-51-15-13-38-28(42)11-14-41-32(46)19-27(35(41)50)53-22-31(45)39-20-33(47)48;7-1-3-9-5-6-10-4-2-8/h1-2,5-9,26-27H,3-4,10-22H2,(H2,36,49)(H,37,44)(H,38,42)(H,39,45)(H,40,43)(H,47,48);7-8H,1-6H2. The molecule has 1 saturated heterocycles. The fraction of sp³-hybridized carbons (Fsp3) is 0.561. The van der Waals surface area contributed by atoms with E-state index in [1.54, 1.807) is 0 Å². The highest BCUT2D eigenvalue weighted by atomic mass is 32.2. The quantitative estimate of drug-likeness (QED) is 0.0298. The molecule has 9 N–H and O–H groups in total. The molecular formula is C41H60N6O15S. The molecule has 22 heteroatoms. The Balaban J connectivity index is 0.00000121. The van der Waals surface area contributed by atoms with E-state index in [1.165, 1.54) is 0 Å². The number of nitrogens with one attached hydrogen (secondary N) is 4. The molecule has 0 aliphatic carbocycles. The summed E-state index contributed by atoms with van der Waals surface area (Å²) in [5, 5.41) is 36.6. The minimum Gasteiger partial charge on any atom is -0.480 e.